The maximum atomic E-state index is 10.2. The first kappa shape index (κ1) is 12.9. The van der Waals surface area contributed by atoms with Gasteiger partial charge in [0, 0.05) is 19.0 Å². The van der Waals surface area contributed by atoms with Gasteiger partial charge in [0.15, 0.2) is 0 Å². The van der Waals surface area contributed by atoms with E-state index < -0.39 is 5.60 Å². The lowest BCUT2D eigenvalue weighted by atomic mass is 9.91. The third kappa shape index (κ3) is 3.14. The average Bonchev–Trinajstić information content (AvgIpc) is 2.31. The average molecular weight is 216 g/mol. The molecule has 1 heterocycles. The van der Waals surface area contributed by atoms with Crippen molar-refractivity contribution < 1.29 is 9.84 Å². The highest BCUT2D eigenvalue weighted by molar-refractivity contribution is 4.96. The molecule has 0 amide bonds. The zero-order valence-corrected chi connectivity index (χ0v) is 10.5. The molecular formula is C11H24N2O2. The van der Waals surface area contributed by atoms with E-state index in [0.717, 1.165) is 13.1 Å². The third-order valence-electron chi connectivity index (χ3n) is 2.93. The van der Waals surface area contributed by atoms with Crippen LogP contribution in [-0.2, 0) is 4.74 Å². The zero-order valence-electron chi connectivity index (χ0n) is 10.5. The van der Waals surface area contributed by atoms with Crippen molar-refractivity contribution in [1.29, 1.82) is 0 Å². The Kier molecular flexibility index (Phi) is 4.12. The number of likely N-dealkylation sites (N-methyl/N-ethyl adjacent to an activating group) is 1. The molecule has 3 unspecified atom stereocenters. The van der Waals surface area contributed by atoms with Gasteiger partial charge in [-0.2, -0.15) is 0 Å². The lowest BCUT2D eigenvalue weighted by Gasteiger charge is -2.31. The molecule has 0 bridgehead atoms. The van der Waals surface area contributed by atoms with Gasteiger partial charge in [-0.1, -0.05) is 0 Å². The molecule has 0 aromatic carbocycles. The molecule has 0 spiro atoms. The third-order valence-corrected chi connectivity index (χ3v) is 2.93. The highest BCUT2D eigenvalue weighted by Gasteiger charge is 2.45. The summed E-state index contributed by atoms with van der Waals surface area (Å²) >= 11 is 0. The topological polar surface area (TPSA) is 35.9 Å². The standard InChI is InChI=1S/C11H24N2O2/c1-11(8-13(4)5)10(14)9(7-15-11)6-12(2)3/h9-10,14H,6-8H2,1-5H3. The van der Waals surface area contributed by atoms with Crippen molar-refractivity contribution in [2.45, 2.75) is 18.6 Å². The molecule has 90 valence electrons. The summed E-state index contributed by atoms with van der Waals surface area (Å²) in [4.78, 5) is 4.15. The van der Waals surface area contributed by atoms with E-state index in [9.17, 15) is 5.11 Å². The quantitative estimate of drug-likeness (QED) is 0.710. The fourth-order valence-electron chi connectivity index (χ4n) is 2.36. The molecule has 15 heavy (non-hydrogen) atoms. The summed E-state index contributed by atoms with van der Waals surface area (Å²) in [7, 11) is 8.05. The second-order valence-corrected chi connectivity index (χ2v) is 5.33. The zero-order chi connectivity index (χ0) is 11.6. The second kappa shape index (κ2) is 4.78. The number of hydrogen-bond acceptors (Lipinski definition) is 4. The Labute approximate surface area is 92.8 Å². The fourth-order valence-corrected chi connectivity index (χ4v) is 2.36. The van der Waals surface area contributed by atoms with Gasteiger partial charge in [0.2, 0.25) is 0 Å². The maximum Gasteiger partial charge on any atom is 0.104 e. The van der Waals surface area contributed by atoms with Gasteiger partial charge in [0.1, 0.15) is 5.60 Å². The molecule has 1 aliphatic rings. The lowest BCUT2D eigenvalue weighted by molar-refractivity contribution is -0.0596. The molecule has 0 radical (unpaired) electrons. The van der Waals surface area contributed by atoms with Crippen molar-refractivity contribution in [3.63, 3.8) is 0 Å². The van der Waals surface area contributed by atoms with Gasteiger partial charge in [-0.15, -0.1) is 0 Å². The highest BCUT2D eigenvalue weighted by Crippen LogP contribution is 2.31. The Balaban J connectivity index is 2.57. The van der Waals surface area contributed by atoms with Crippen LogP contribution in [0.25, 0.3) is 0 Å². The summed E-state index contributed by atoms with van der Waals surface area (Å²) in [5.41, 5.74) is -0.413. The molecular weight excluding hydrogens is 192 g/mol. The Bertz CT molecular complexity index is 209. The molecule has 0 aromatic rings. The molecule has 1 fully saturated rings. The van der Waals surface area contributed by atoms with Crippen LogP contribution in [0.2, 0.25) is 0 Å². The molecule has 1 rings (SSSR count). The number of aliphatic hydroxyl groups is 1. The molecule has 0 aliphatic carbocycles. The lowest BCUT2D eigenvalue weighted by Crippen LogP contribution is -2.47. The van der Waals surface area contributed by atoms with Gasteiger partial charge in [-0.25, -0.2) is 0 Å². The van der Waals surface area contributed by atoms with Crippen LogP contribution < -0.4 is 0 Å². The van der Waals surface area contributed by atoms with Gasteiger partial charge in [0.05, 0.1) is 12.7 Å². The minimum absolute atomic E-state index is 0.227. The molecule has 1 saturated heterocycles. The molecule has 4 nitrogen and oxygen atoms in total. The van der Waals surface area contributed by atoms with Crippen molar-refractivity contribution >= 4 is 0 Å². The van der Waals surface area contributed by atoms with Crippen molar-refractivity contribution in [3.8, 4) is 0 Å². The minimum atomic E-state index is -0.413. The molecule has 0 aromatic heterocycles. The predicted molar refractivity (Wildman–Crippen MR) is 61.0 cm³/mol. The number of ether oxygens (including phenoxy) is 1. The number of rotatable bonds is 4. The Hall–Kier alpha value is -0.160. The number of nitrogens with zero attached hydrogens (tertiary/aromatic N) is 2. The summed E-state index contributed by atoms with van der Waals surface area (Å²) < 4.78 is 5.76. The van der Waals surface area contributed by atoms with Crippen molar-refractivity contribution in [2.24, 2.45) is 5.92 Å². The summed E-state index contributed by atoms with van der Waals surface area (Å²) in [5.74, 6) is 0.227. The molecule has 4 heteroatoms. The highest BCUT2D eigenvalue weighted by atomic mass is 16.5. The van der Waals surface area contributed by atoms with Crippen LogP contribution in [0.1, 0.15) is 6.92 Å². The number of aliphatic hydroxyl groups excluding tert-OH is 1. The normalized spacial score (nSPS) is 36.8. The van der Waals surface area contributed by atoms with Crippen LogP contribution in [0.5, 0.6) is 0 Å². The van der Waals surface area contributed by atoms with Gasteiger partial charge in [0.25, 0.3) is 0 Å². The van der Waals surface area contributed by atoms with Gasteiger partial charge >= 0.3 is 0 Å². The first-order valence-electron chi connectivity index (χ1n) is 5.46. The van der Waals surface area contributed by atoms with E-state index in [0.29, 0.717) is 6.61 Å². The largest absolute Gasteiger partial charge is 0.390 e. The molecule has 3 atom stereocenters. The first-order chi connectivity index (χ1) is 6.85. The van der Waals surface area contributed by atoms with E-state index in [1.807, 2.05) is 35.1 Å². The maximum absolute atomic E-state index is 10.2. The Morgan fingerprint density at radius 2 is 1.87 bits per heavy atom. The van der Waals surface area contributed by atoms with Gasteiger partial charge in [-0.3, -0.25) is 0 Å². The smallest absolute Gasteiger partial charge is 0.104 e. The van der Waals surface area contributed by atoms with Crippen LogP contribution in [0.15, 0.2) is 0 Å². The Morgan fingerprint density at radius 3 is 2.33 bits per heavy atom. The van der Waals surface area contributed by atoms with E-state index in [-0.39, 0.29) is 12.0 Å². The summed E-state index contributed by atoms with van der Waals surface area (Å²) in [5, 5.41) is 10.2. The summed E-state index contributed by atoms with van der Waals surface area (Å²) in [6.07, 6.45) is -0.373. The minimum Gasteiger partial charge on any atom is -0.390 e. The van der Waals surface area contributed by atoms with Crippen LogP contribution >= 0.6 is 0 Å². The van der Waals surface area contributed by atoms with Crippen LogP contribution in [0.4, 0.5) is 0 Å². The van der Waals surface area contributed by atoms with Crippen molar-refractivity contribution in [1.82, 2.24) is 9.80 Å². The summed E-state index contributed by atoms with van der Waals surface area (Å²) in [6.45, 7) is 4.29. The van der Waals surface area contributed by atoms with E-state index >= 15 is 0 Å². The van der Waals surface area contributed by atoms with Crippen LogP contribution in [0.3, 0.4) is 0 Å². The fraction of sp³-hybridized carbons (Fsp3) is 1.00. The molecule has 0 saturated carbocycles. The van der Waals surface area contributed by atoms with Crippen LogP contribution in [0, 0.1) is 5.92 Å². The monoisotopic (exact) mass is 216 g/mol. The van der Waals surface area contributed by atoms with Crippen LogP contribution in [-0.4, -0.2) is 74.5 Å². The SMILES string of the molecule is CN(C)CC1COC(C)(CN(C)C)C1O. The predicted octanol–water partition coefficient (Wildman–Crippen LogP) is -0.124. The van der Waals surface area contributed by atoms with E-state index in [4.69, 9.17) is 4.74 Å². The number of hydrogen-bond donors (Lipinski definition) is 1. The van der Waals surface area contributed by atoms with Crippen molar-refractivity contribution in [3.05, 3.63) is 0 Å². The first-order valence-corrected chi connectivity index (χ1v) is 5.46. The Morgan fingerprint density at radius 1 is 1.27 bits per heavy atom. The van der Waals surface area contributed by atoms with Crippen molar-refractivity contribution in [2.75, 3.05) is 47.9 Å². The second-order valence-electron chi connectivity index (χ2n) is 5.33. The van der Waals surface area contributed by atoms with E-state index in [1.165, 1.54) is 0 Å². The van der Waals surface area contributed by atoms with Gasteiger partial charge < -0.3 is 19.6 Å². The summed E-state index contributed by atoms with van der Waals surface area (Å²) in [6, 6.07) is 0. The van der Waals surface area contributed by atoms with E-state index in [1.54, 1.807) is 0 Å². The molecule has 1 N–H and O–H groups in total. The van der Waals surface area contributed by atoms with E-state index in [2.05, 4.69) is 9.80 Å². The molecule has 1 aliphatic heterocycles. The van der Waals surface area contributed by atoms with Gasteiger partial charge in [-0.05, 0) is 35.1 Å².